The van der Waals surface area contributed by atoms with Crippen LogP contribution >= 0.6 is 23.2 Å². The molecule has 6 heteroatoms. The van der Waals surface area contributed by atoms with Gasteiger partial charge in [-0.2, -0.15) is 4.98 Å². The molecule has 0 saturated carbocycles. The Morgan fingerprint density at radius 3 is 2.91 bits per heavy atom. The van der Waals surface area contributed by atoms with Crippen molar-refractivity contribution in [3.05, 3.63) is 16.6 Å². The largest absolute Gasteiger partial charge is 0.336 e. The van der Waals surface area contributed by atoms with Crippen LogP contribution in [0.15, 0.2) is 10.7 Å². The predicted octanol–water partition coefficient (Wildman–Crippen LogP) is 1.92. The van der Waals surface area contributed by atoms with Gasteiger partial charge in [-0.15, -0.1) is 0 Å². The SMILES string of the molecule is Clc1nc(Cl)c2cnoc2n1. The Labute approximate surface area is 71.1 Å². The van der Waals surface area contributed by atoms with Gasteiger partial charge in [0.15, 0.2) is 0 Å². The molecule has 0 atom stereocenters. The molecule has 0 unspecified atom stereocenters. The van der Waals surface area contributed by atoms with Crippen molar-refractivity contribution < 1.29 is 4.52 Å². The second kappa shape index (κ2) is 2.32. The molecule has 0 aliphatic carbocycles. The number of nitrogens with zero attached hydrogens (tertiary/aromatic N) is 3. The number of rotatable bonds is 0. The quantitative estimate of drug-likeness (QED) is 0.470. The molecule has 0 aromatic carbocycles. The van der Waals surface area contributed by atoms with Crippen LogP contribution in [0.5, 0.6) is 0 Å². The van der Waals surface area contributed by atoms with Crippen LogP contribution in [-0.2, 0) is 0 Å². The zero-order chi connectivity index (χ0) is 7.84. The zero-order valence-corrected chi connectivity index (χ0v) is 6.60. The highest BCUT2D eigenvalue weighted by atomic mass is 35.5. The second-order valence-electron chi connectivity index (χ2n) is 1.83. The summed E-state index contributed by atoms with van der Waals surface area (Å²) in [6.07, 6.45) is 1.44. The van der Waals surface area contributed by atoms with Crippen molar-refractivity contribution in [3.63, 3.8) is 0 Å². The molecule has 0 N–H and O–H groups in total. The Balaban J connectivity index is 2.91. The minimum Gasteiger partial charge on any atom is -0.336 e. The standard InChI is InChI=1S/C5HCl2N3O/c6-3-2-1-8-11-4(2)10-5(7)9-3/h1H. The third-order valence-corrected chi connectivity index (χ3v) is 1.62. The predicted molar refractivity (Wildman–Crippen MR) is 39.6 cm³/mol. The van der Waals surface area contributed by atoms with Gasteiger partial charge in [0.05, 0.1) is 11.6 Å². The van der Waals surface area contributed by atoms with Gasteiger partial charge < -0.3 is 4.52 Å². The summed E-state index contributed by atoms with van der Waals surface area (Å²) >= 11 is 11.2. The van der Waals surface area contributed by atoms with Gasteiger partial charge in [0.25, 0.3) is 5.71 Å². The Morgan fingerprint density at radius 1 is 1.27 bits per heavy atom. The lowest BCUT2D eigenvalue weighted by Gasteiger charge is -1.89. The average Bonchev–Trinajstić information content (AvgIpc) is 2.34. The first-order chi connectivity index (χ1) is 5.27. The topological polar surface area (TPSA) is 51.8 Å². The summed E-state index contributed by atoms with van der Waals surface area (Å²) in [7, 11) is 0. The maximum absolute atomic E-state index is 5.67. The molecule has 11 heavy (non-hydrogen) atoms. The fourth-order valence-corrected chi connectivity index (χ4v) is 1.12. The van der Waals surface area contributed by atoms with E-state index in [2.05, 4.69) is 15.1 Å². The number of hydrogen-bond donors (Lipinski definition) is 0. The molecule has 2 heterocycles. The number of halogens is 2. The Kier molecular flexibility index (Phi) is 1.44. The van der Waals surface area contributed by atoms with E-state index in [1.54, 1.807) is 0 Å². The normalized spacial score (nSPS) is 10.7. The van der Waals surface area contributed by atoms with Crippen LogP contribution in [0.4, 0.5) is 0 Å². The first-order valence-electron chi connectivity index (χ1n) is 2.71. The van der Waals surface area contributed by atoms with Gasteiger partial charge in [-0.25, -0.2) is 4.98 Å². The highest BCUT2D eigenvalue weighted by Gasteiger charge is 2.07. The van der Waals surface area contributed by atoms with Crippen LogP contribution in [0.3, 0.4) is 0 Å². The van der Waals surface area contributed by atoms with E-state index in [4.69, 9.17) is 27.7 Å². The first kappa shape index (κ1) is 6.82. The van der Waals surface area contributed by atoms with Crippen molar-refractivity contribution in [2.24, 2.45) is 0 Å². The number of hydrogen-bond acceptors (Lipinski definition) is 4. The molecular formula is C5HCl2N3O. The first-order valence-corrected chi connectivity index (χ1v) is 3.46. The van der Waals surface area contributed by atoms with Crippen molar-refractivity contribution in [2.45, 2.75) is 0 Å². The highest BCUT2D eigenvalue weighted by Crippen LogP contribution is 2.20. The van der Waals surface area contributed by atoms with E-state index < -0.39 is 0 Å². The molecule has 0 aliphatic heterocycles. The summed E-state index contributed by atoms with van der Waals surface area (Å²) in [6, 6.07) is 0. The van der Waals surface area contributed by atoms with Crippen molar-refractivity contribution in [2.75, 3.05) is 0 Å². The van der Waals surface area contributed by atoms with Crippen LogP contribution in [0.2, 0.25) is 10.4 Å². The van der Waals surface area contributed by atoms with Crippen LogP contribution in [0.25, 0.3) is 11.1 Å². The van der Waals surface area contributed by atoms with E-state index >= 15 is 0 Å². The van der Waals surface area contributed by atoms with E-state index in [0.717, 1.165) is 0 Å². The molecule has 0 amide bonds. The molecule has 0 aliphatic rings. The highest BCUT2D eigenvalue weighted by molar-refractivity contribution is 6.35. The summed E-state index contributed by atoms with van der Waals surface area (Å²) in [4.78, 5) is 7.43. The summed E-state index contributed by atoms with van der Waals surface area (Å²) in [5.74, 6) is 0. The third-order valence-electron chi connectivity index (χ3n) is 1.16. The van der Waals surface area contributed by atoms with Gasteiger partial charge in [0.1, 0.15) is 5.15 Å². The molecule has 0 spiro atoms. The van der Waals surface area contributed by atoms with Crippen molar-refractivity contribution in [3.8, 4) is 0 Å². The van der Waals surface area contributed by atoms with Crippen LogP contribution in [-0.4, -0.2) is 15.1 Å². The summed E-state index contributed by atoms with van der Waals surface area (Å²) in [5.41, 5.74) is 0.301. The van der Waals surface area contributed by atoms with Crippen LogP contribution in [0, 0.1) is 0 Å². The van der Waals surface area contributed by atoms with E-state index in [0.29, 0.717) is 11.1 Å². The lowest BCUT2D eigenvalue weighted by atomic mass is 10.5. The number of aromatic nitrogens is 3. The molecule has 56 valence electrons. The average molecular weight is 190 g/mol. The molecule has 2 aromatic heterocycles. The van der Waals surface area contributed by atoms with Gasteiger partial charge in [-0.1, -0.05) is 16.8 Å². The van der Waals surface area contributed by atoms with Crippen molar-refractivity contribution in [1.29, 1.82) is 0 Å². The van der Waals surface area contributed by atoms with E-state index in [9.17, 15) is 0 Å². The zero-order valence-electron chi connectivity index (χ0n) is 5.08. The smallest absolute Gasteiger partial charge is 0.263 e. The van der Waals surface area contributed by atoms with Gasteiger partial charge >= 0.3 is 0 Å². The third kappa shape index (κ3) is 1.04. The monoisotopic (exact) mass is 189 g/mol. The minimum absolute atomic E-state index is 0.0549. The van der Waals surface area contributed by atoms with E-state index in [1.807, 2.05) is 0 Å². The summed E-state index contributed by atoms with van der Waals surface area (Å²) in [6.45, 7) is 0. The Hall–Kier alpha value is -0.870. The van der Waals surface area contributed by atoms with Gasteiger partial charge in [0.2, 0.25) is 5.28 Å². The summed E-state index contributed by atoms with van der Waals surface area (Å²) in [5, 5.41) is 4.35. The fourth-order valence-electron chi connectivity index (χ4n) is 0.706. The molecule has 0 fully saturated rings. The van der Waals surface area contributed by atoms with E-state index in [1.165, 1.54) is 6.20 Å². The van der Waals surface area contributed by atoms with Crippen molar-refractivity contribution in [1.82, 2.24) is 15.1 Å². The maximum atomic E-state index is 5.67. The molecule has 2 aromatic rings. The Bertz CT molecular complexity index is 400. The van der Waals surface area contributed by atoms with E-state index in [-0.39, 0.29) is 10.4 Å². The summed E-state index contributed by atoms with van der Waals surface area (Å²) < 4.78 is 4.71. The molecule has 2 rings (SSSR count). The molecule has 0 saturated heterocycles. The van der Waals surface area contributed by atoms with Crippen LogP contribution in [0.1, 0.15) is 0 Å². The minimum atomic E-state index is 0.0549. The Morgan fingerprint density at radius 2 is 2.09 bits per heavy atom. The van der Waals surface area contributed by atoms with Crippen molar-refractivity contribution >= 4 is 34.3 Å². The number of fused-ring (bicyclic) bond motifs is 1. The van der Waals surface area contributed by atoms with Crippen LogP contribution < -0.4 is 0 Å². The van der Waals surface area contributed by atoms with Gasteiger partial charge in [-0.3, -0.25) is 0 Å². The molecular weight excluding hydrogens is 189 g/mol. The lowest BCUT2D eigenvalue weighted by molar-refractivity contribution is 0.448. The molecule has 4 nitrogen and oxygen atoms in total. The molecule has 0 bridgehead atoms. The van der Waals surface area contributed by atoms with Gasteiger partial charge in [-0.05, 0) is 11.6 Å². The fraction of sp³-hybridized carbons (Fsp3) is 0. The maximum Gasteiger partial charge on any atom is 0.263 e. The van der Waals surface area contributed by atoms with Gasteiger partial charge in [0, 0.05) is 0 Å². The molecule has 0 radical (unpaired) electrons. The second-order valence-corrected chi connectivity index (χ2v) is 2.52. The lowest BCUT2D eigenvalue weighted by Crippen LogP contribution is -1.82.